The van der Waals surface area contributed by atoms with Gasteiger partial charge in [0.15, 0.2) is 0 Å². The summed E-state index contributed by atoms with van der Waals surface area (Å²) in [7, 11) is -7.30. The second kappa shape index (κ2) is 11.3. The molecule has 0 radical (unpaired) electrons. The summed E-state index contributed by atoms with van der Waals surface area (Å²) in [5.41, 5.74) is 4.88. The molecule has 0 bridgehead atoms. The van der Waals surface area contributed by atoms with Crippen LogP contribution in [0.1, 0.15) is 11.1 Å². The molecule has 46 heavy (non-hydrogen) atoms. The van der Waals surface area contributed by atoms with E-state index in [2.05, 4.69) is 0 Å². The summed E-state index contributed by atoms with van der Waals surface area (Å²) < 4.78 is 55.7. The van der Waals surface area contributed by atoms with Crippen molar-refractivity contribution >= 4 is 63.7 Å². The number of fused-ring (bicyclic) bond motifs is 6. The van der Waals surface area contributed by atoms with Gasteiger partial charge in [0.25, 0.3) is 20.0 Å². The molecule has 8 rings (SSSR count). The van der Waals surface area contributed by atoms with Crippen LogP contribution in [0.4, 0.5) is 0 Å². The number of hydrogen-bond acceptors (Lipinski definition) is 4. The molecule has 8 heteroatoms. The minimum atomic E-state index is -3.65. The average molecular weight is 643 g/mol. The smallest absolute Gasteiger partial charge is 0.233 e. The standard InChI is InChI=1S/2C19H15NO2S/c2*1-14-10-12-15(13-11-14)23(21,22)20-18-8-4-2-6-16(18)17-7-3-5-9-19(17)20/h2*2-13H,1H3. The molecule has 0 amide bonds. The predicted octanol–water partition coefficient (Wildman–Crippen LogP) is 8.68. The molecule has 8 aromatic rings. The molecule has 6 nitrogen and oxygen atoms in total. The highest BCUT2D eigenvalue weighted by molar-refractivity contribution is 7.90. The Kier molecular flexibility index (Phi) is 7.26. The van der Waals surface area contributed by atoms with Crippen LogP contribution < -0.4 is 0 Å². The Morgan fingerprint density at radius 3 is 0.848 bits per heavy atom. The summed E-state index contributed by atoms with van der Waals surface area (Å²) in [5, 5.41) is 3.77. The van der Waals surface area contributed by atoms with E-state index in [1.165, 1.54) is 7.94 Å². The van der Waals surface area contributed by atoms with Crippen LogP contribution in [0.5, 0.6) is 0 Å². The van der Waals surface area contributed by atoms with Crippen LogP contribution in [0, 0.1) is 13.8 Å². The first kappa shape index (κ1) is 29.5. The van der Waals surface area contributed by atoms with Crippen LogP contribution in [-0.2, 0) is 20.0 Å². The van der Waals surface area contributed by atoms with Crippen molar-refractivity contribution in [1.82, 2.24) is 7.94 Å². The maximum atomic E-state index is 13.2. The quantitative estimate of drug-likeness (QED) is 0.192. The fourth-order valence-corrected chi connectivity index (χ4v) is 8.98. The van der Waals surface area contributed by atoms with Gasteiger partial charge in [-0.2, -0.15) is 0 Å². The zero-order chi connectivity index (χ0) is 32.1. The fourth-order valence-electron chi connectivity index (χ4n) is 5.92. The van der Waals surface area contributed by atoms with E-state index in [1.54, 1.807) is 24.3 Å². The summed E-state index contributed by atoms with van der Waals surface area (Å²) in [6.45, 7) is 3.88. The maximum absolute atomic E-state index is 13.2. The van der Waals surface area contributed by atoms with E-state index in [4.69, 9.17) is 0 Å². The van der Waals surface area contributed by atoms with E-state index < -0.39 is 20.0 Å². The van der Waals surface area contributed by atoms with E-state index in [0.717, 1.165) is 32.7 Å². The van der Waals surface area contributed by atoms with Gasteiger partial charge in [0, 0.05) is 21.5 Å². The first-order valence-corrected chi connectivity index (χ1v) is 17.7. The molecule has 0 aliphatic heterocycles. The van der Waals surface area contributed by atoms with Crippen LogP contribution in [0.15, 0.2) is 155 Å². The Balaban J connectivity index is 0.000000147. The van der Waals surface area contributed by atoms with Crippen LogP contribution in [0.25, 0.3) is 43.6 Å². The minimum Gasteiger partial charge on any atom is -0.233 e. The lowest BCUT2D eigenvalue weighted by atomic mass is 10.2. The summed E-state index contributed by atoms with van der Waals surface area (Å²) >= 11 is 0. The Morgan fingerprint density at radius 1 is 0.348 bits per heavy atom. The molecule has 0 aliphatic rings. The van der Waals surface area contributed by atoms with E-state index in [-0.39, 0.29) is 0 Å². The topological polar surface area (TPSA) is 78.1 Å². The average Bonchev–Trinajstić information content (AvgIpc) is 3.60. The van der Waals surface area contributed by atoms with Gasteiger partial charge < -0.3 is 0 Å². The van der Waals surface area contributed by atoms with Crippen LogP contribution in [-0.4, -0.2) is 24.8 Å². The molecular formula is C38H30N2O4S2. The third-order valence-corrected chi connectivity index (χ3v) is 11.7. The molecule has 2 heterocycles. The number of nitrogens with zero attached hydrogens (tertiary/aromatic N) is 2. The zero-order valence-corrected chi connectivity index (χ0v) is 26.8. The van der Waals surface area contributed by atoms with Crippen LogP contribution >= 0.6 is 0 Å². The third-order valence-electron chi connectivity index (χ3n) is 8.19. The van der Waals surface area contributed by atoms with E-state index in [9.17, 15) is 16.8 Å². The molecule has 0 atom stereocenters. The highest BCUT2D eigenvalue weighted by atomic mass is 32.2. The normalized spacial score (nSPS) is 12.0. The highest BCUT2D eigenvalue weighted by Gasteiger charge is 2.24. The molecule has 0 aliphatic carbocycles. The summed E-state index contributed by atoms with van der Waals surface area (Å²) in [6, 6.07) is 44.3. The van der Waals surface area contributed by atoms with Crippen molar-refractivity contribution in [2.24, 2.45) is 0 Å². The van der Waals surface area contributed by atoms with Gasteiger partial charge in [0.05, 0.1) is 31.9 Å². The van der Waals surface area contributed by atoms with Gasteiger partial charge in [0.1, 0.15) is 0 Å². The molecule has 6 aromatic carbocycles. The van der Waals surface area contributed by atoms with Crippen molar-refractivity contribution in [2.45, 2.75) is 23.6 Å². The lowest BCUT2D eigenvalue weighted by Crippen LogP contribution is -2.12. The van der Waals surface area contributed by atoms with Crippen molar-refractivity contribution in [3.63, 3.8) is 0 Å². The third kappa shape index (κ3) is 4.87. The molecule has 0 N–H and O–H groups in total. The lowest BCUT2D eigenvalue weighted by molar-refractivity contribution is 0.588. The van der Waals surface area contributed by atoms with E-state index in [0.29, 0.717) is 31.9 Å². The molecule has 0 saturated heterocycles. The van der Waals surface area contributed by atoms with Gasteiger partial charge in [-0.15, -0.1) is 0 Å². The number of aromatic nitrogens is 2. The molecule has 0 saturated carbocycles. The van der Waals surface area contributed by atoms with Gasteiger partial charge in [-0.1, -0.05) is 108 Å². The Bertz CT molecular complexity index is 2330. The minimum absolute atomic E-state index is 0.301. The number of benzene rings is 6. The van der Waals surface area contributed by atoms with Gasteiger partial charge in [-0.3, -0.25) is 0 Å². The van der Waals surface area contributed by atoms with Crippen molar-refractivity contribution in [3.8, 4) is 0 Å². The largest absolute Gasteiger partial charge is 0.268 e. The maximum Gasteiger partial charge on any atom is 0.268 e. The monoisotopic (exact) mass is 642 g/mol. The first-order chi connectivity index (χ1) is 22.2. The Labute approximate surface area is 267 Å². The first-order valence-electron chi connectivity index (χ1n) is 14.8. The molecule has 0 spiro atoms. The summed E-state index contributed by atoms with van der Waals surface area (Å²) in [5.74, 6) is 0. The number of hydrogen-bond donors (Lipinski definition) is 0. The molecule has 0 unspecified atom stereocenters. The van der Waals surface area contributed by atoms with Crippen LogP contribution in [0.2, 0.25) is 0 Å². The molecule has 2 aromatic heterocycles. The van der Waals surface area contributed by atoms with Crippen LogP contribution in [0.3, 0.4) is 0 Å². The van der Waals surface area contributed by atoms with Gasteiger partial charge >= 0.3 is 0 Å². The molecular weight excluding hydrogens is 613 g/mol. The summed E-state index contributed by atoms with van der Waals surface area (Å²) in [4.78, 5) is 0.601. The Hall–Kier alpha value is -5.18. The predicted molar refractivity (Wildman–Crippen MR) is 186 cm³/mol. The van der Waals surface area contributed by atoms with E-state index in [1.807, 2.05) is 135 Å². The second-order valence-electron chi connectivity index (χ2n) is 11.2. The number of para-hydroxylation sites is 4. The number of rotatable bonds is 4. The van der Waals surface area contributed by atoms with Gasteiger partial charge in [-0.05, 0) is 62.4 Å². The SMILES string of the molecule is Cc1ccc(S(=O)(=O)n2c3ccccc3c3ccccc32)cc1.Cc1ccc(S(=O)(=O)n2c3ccccc3c3ccccc32)cc1. The van der Waals surface area contributed by atoms with Gasteiger partial charge in [0.2, 0.25) is 0 Å². The fraction of sp³-hybridized carbons (Fsp3) is 0.0526. The van der Waals surface area contributed by atoms with Crippen molar-refractivity contribution in [3.05, 3.63) is 157 Å². The lowest BCUT2D eigenvalue weighted by Gasteiger charge is -2.09. The highest BCUT2D eigenvalue weighted by Crippen LogP contribution is 2.33. The van der Waals surface area contributed by atoms with E-state index >= 15 is 0 Å². The second-order valence-corrected chi connectivity index (χ2v) is 14.8. The number of aryl methyl sites for hydroxylation is 2. The van der Waals surface area contributed by atoms with Crippen molar-refractivity contribution in [1.29, 1.82) is 0 Å². The zero-order valence-electron chi connectivity index (χ0n) is 25.2. The molecule has 0 fully saturated rings. The molecule has 228 valence electrons. The van der Waals surface area contributed by atoms with Crippen molar-refractivity contribution < 1.29 is 16.8 Å². The summed E-state index contributed by atoms with van der Waals surface area (Å²) in [6.07, 6.45) is 0. The van der Waals surface area contributed by atoms with Crippen molar-refractivity contribution in [2.75, 3.05) is 0 Å². The Morgan fingerprint density at radius 2 is 0.587 bits per heavy atom. The van der Waals surface area contributed by atoms with Gasteiger partial charge in [-0.25, -0.2) is 24.8 Å².